The van der Waals surface area contributed by atoms with Gasteiger partial charge in [0.1, 0.15) is 27.8 Å². The number of amides is 2. The molecule has 0 saturated heterocycles. The van der Waals surface area contributed by atoms with E-state index >= 15 is 0 Å². The van der Waals surface area contributed by atoms with Crippen molar-refractivity contribution in [2.24, 2.45) is 0 Å². The lowest BCUT2D eigenvalue weighted by Gasteiger charge is -2.39. The van der Waals surface area contributed by atoms with Crippen LogP contribution in [0.3, 0.4) is 0 Å². The average Bonchev–Trinajstić information content (AvgIpc) is 2.65. The molecule has 2 aromatic carbocycles. The molecule has 1 N–H and O–H groups in total. The fraction of sp³-hybridized carbons (Fsp3) is 0.238. The lowest BCUT2D eigenvalue weighted by atomic mass is 10.0. The summed E-state index contributed by atoms with van der Waals surface area (Å²) in [6, 6.07) is 12.1. The van der Waals surface area contributed by atoms with Crippen molar-refractivity contribution in [2.75, 3.05) is 12.0 Å². The second-order valence-corrected chi connectivity index (χ2v) is 8.06. The first-order valence-corrected chi connectivity index (χ1v) is 9.66. The van der Waals surface area contributed by atoms with Crippen LogP contribution < -0.4 is 5.32 Å². The summed E-state index contributed by atoms with van der Waals surface area (Å²) in [5.74, 6) is -2.09. The third-order valence-electron chi connectivity index (χ3n) is 4.48. The topological polar surface area (TPSA) is 58.6 Å². The number of carbonyl (C=O) groups is 2. The molecule has 0 unspecified atom stereocenters. The van der Waals surface area contributed by atoms with Crippen molar-refractivity contribution in [3.8, 4) is 0 Å². The number of thioether (sulfide) groups is 1. The smallest absolute Gasteiger partial charge is 0.267 e. The summed E-state index contributed by atoms with van der Waals surface area (Å²) >= 11 is 1.25. The molecular weight excluding hydrogens is 398 g/mol. The fourth-order valence-corrected chi connectivity index (χ4v) is 3.66. The van der Waals surface area contributed by atoms with E-state index in [0.717, 1.165) is 17.0 Å². The number of anilines is 1. The molecular formula is C21H20F2N2O3S. The summed E-state index contributed by atoms with van der Waals surface area (Å²) in [6.45, 7) is 4.68. The quantitative estimate of drug-likeness (QED) is 0.776. The van der Waals surface area contributed by atoms with E-state index in [2.05, 4.69) is 5.32 Å². The molecule has 2 aromatic rings. The molecule has 152 valence electrons. The van der Waals surface area contributed by atoms with Crippen molar-refractivity contribution in [3.63, 3.8) is 0 Å². The van der Waals surface area contributed by atoms with E-state index in [4.69, 9.17) is 4.74 Å². The van der Waals surface area contributed by atoms with Gasteiger partial charge in [0.05, 0.1) is 0 Å². The maximum absolute atomic E-state index is 13.4. The zero-order valence-corrected chi connectivity index (χ0v) is 17.0. The Hall–Kier alpha value is -2.87. The number of nitrogens with zero attached hydrogens (tertiary/aromatic N) is 1. The van der Waals surface area contributed by atoms with Gasteiger partial charge in [0.15, 0.2) is 6.73 Å². The predicted molar refractivity (Wildman–Crippen MR) is 107 cm³/mol. The summed E-state index contributed by atoms with van der Waals surface area (Å²) in [6.07, 6.45) is 0. The van der Waals surface area contributed by atoms with Crippen LogP contribution in [0.25, 0.3) is 0 Å². The van der Waals surface area contributed by atoms with Crippen LogP contribution in [0.5, 0.6) is 0 Å². The fourth-order valence-electron chi connectivity index (χ4n) is 2.73. The number of benzene rings is 2. The van der Waals surface area contributed by atoms with Gasteiger partial charge in [-0.3, -0.25) is 14.5 Å². The van der Waals surface area contributed by atoms with E-state index < -0.39 is 23.1 Å². The van der Waals surface area contributed by atoms with Gasteiger partial charge in [-0.1, -0.05) is 30.0 Å². The van der Waals surface area contributed by atoms with Gasteiger partial charge >= 0.3 is 0 Å². The van der Waals surface area contributed by atoms with Gasteiger partial charge in [0.25, 0.3) is 5.91 Å². The summed E-state index contributed by atoms with van der Waals surface area (Å²) in [7, 11) is 0. The lowest BCUT2D eigenvalue weighted by molar-refractivity contribution is -0.148. The van der Waals surface area contributed by atoms with Crippen LogP contribution in [-0.2, 0) is 14.3 Å². The molecule has 0 fully saturated rings. The van der Waals surface area contributed by atoms with E-state index in [0.29, 0.717) is 16.7 Å². The SMILES string of the molecule is CC1=C(Sc2ccccc2)C(=O)N(C(C)(C)C(=O)Nc2cc(F)cc(F)c2)CO1. The molecule has 0 aromatic heterocycles. The highest BCUT2D eigenvalue weighted by Gasteiger charge is 2.42. The molecule has 3 rings (SSSR count). The predicted octanol–water partition coefficient (Wildman–Crippen LogP) is 4.52. The first-order chi connectivity index (χ1) is 13.7. The summed E-state index contributed by atoms with van der Waals surface area (Å²) in [4.78, 5) is 28.5. The molecule has 0 atom stereocenters. The van der Waals surface area contributed by atoms with E-state index in [9.17, 15) is 18.4 Å². The maximum Gasteiger partial charge on any atom is 0.267 e. The van der Waals surface area contributed by atoms with Crippen LogP contribution >= 0.6 is 11.8 Å². The van der Waals surface area contributed by atoms with Gasteiger partial charge in [0.2, 0.25) is 5.91 Å². The van der Waals surface area contributed by atoms with Crippen LogP contribution in [0.4, 0.5) is 14.5 Å². The minimum Gasteiger partial charge on any atom is -0.476 e. The van der Waals surface area contributed by atoms with E-state index in [1.54, 1.807) is 20.8 Å². The number of halogens is 2. The van der Waals surface area contributed by atoms with E-state index in [-0.39, 0.29) is 18.3 Å². The van der Waals surface area contributed by atoms with E-state index in [1.165, 1.54) is 16.7 Å². The van der Waals surface area contributed by atoms with Crippen molar-refractivity contribution in [1.82, 2.24) is 4.90 Å². The lowest BCUT2D eigenvalue weighted by Crippen LogP contribution is -2.57. The maximum atomic E-state index is 13.4. The summed E-state index contributed by atoms with van der Waals surface area (Å²) < 4.78 is 32.5. The highest BCUT2D eigenvalue weighted by molar-refractivity contribution is 8.04. The largest absolute Gasteiger partial charge is 0.476 e. The van der Waals surface area contributed by atoms with Crippen molar-refractivity contribution in [3.05, 3.63) is 70.8 Å². The zero-order chi connectivity index (χ0) is 21.2. The number of ether oxygens (including phenoxy) is 1. The Morgan fingerprint density at radius 2 is 1.76 bits per heavy atom. The highest BCUT2D eigenvalue weighted by Crippen LogP contribution is 2.35. The van der Waals surface area contributed by atoms with Crippen LogP contribution in [0.15, 0.2) is 64.1 Å². The second kappa shape index (κ2) is 8.24. The molecule has 1 aliphatic heterocycles. The number of hydrogen-bond donors (Lipinski definition) is 1. The molecule has 5 nitrogen and oxygen atoms in total. The highest BCUT2D eigenvalue weighted by atomic mass is 32.2. The normalized spacial score (nSPS) is 14.7. The Kier molecular flexibility index (Phi) is 5.93. The molecule has 0 bridgehead atoms. The second-order valence-electron chi connectivity index (χ2n) is 6.98. The standard InChI is InChI=1S/C21H20F2N2O3S/c1-13-18(29-17-7-5-4-6-8-17)19(26)25(12-28-13)21(2,3)20(27)24-16-10-14(22)9-15(23)11-16/h4-11H,12H2,1-3H3,(H,24,27). The molecule has 0 saturated carbocycles. The molecule has 1 aliphatic rings. The van der Waals surface area contributed by atoms with Gasteiger partial charge in [0, 0.05) is 16.6 Å². The molecule has 29 heavy (non-hydrogen) atoms. The van der Waals surface area contributed by atoms with Crippen LogP contribution in [0, 0.1) is 11.6 Å². The van der Waals surface area contributed by atoms with Gasteiger partial charge < -0.3 is 10.1 Å². The Balaban J connectivity index is 1.81. The van der Waals surface area contributed by atoms with Gasteiger partial charge in [-0.05, 0) is 45.0 Å². The number of hydrogen-bond acceptors (Lipinski definition) is 4. The molecule has 0 aliphatic carbocycles. The first-order valence-electron chi connectivity index (χ1n) is 8.84. The zero-order valence-electron chi connectivity index (χ0n) is 16.2. The molecule has 1 heterocycles. The number of rotatable bonds is 5. The van der Waals surface area contributed by atoms with Crippen LogP contribution in [0.1, 0.15) is 20.8 Å². The number of allylic oxidation sites excluding steroid dienone is 1. The third-order valence-corrected chi connectivity index (χ3v) is 5.66. The average molecular weight is 418 g/mol. The monoisotopic (exact) mass is 418 g/mol. The van der Waals surface area contributed by atoms with Crippen LogP contribution in [0.2, 0.25) is 0 Å². The minimum absolute atomic E-state index is 0.0310. The number of carbonyl (C=O) groups excluding carboxylic acids is 2. The number of nitrogens with one attached hydrogen (secondary N) is 1. The Morgan fingerprint density at radius 1 is 1.14 bits per heavy atom. The minimum atomic E-state index is -1.33. The van der Waals surface area contributed by atoms with Gasteiger partial charge in [-0.2, -0.15) is 0 Å². The molecule has 2 amide bonds. The molecule has 0 spiro atoms. The van der Waals surface area contributed by atoms with Crippen molar-refractivity contribution in [2.45, 2.75) is 31.2 Å². The Bertz CT molecular complexity index is 957. The summed E-state index contributed by atoms with van der Waals surface area (Å²) in [5, 5.41) is 2.47. The van der Waals surface area contributed by atoms with Crippen molar-refractivity contribution < 1.29 is 23.1 Å². The Morgan fingerprint density at radius 3 is 2.38 bits per heavy atom. The summed E-state index contributed by atoms with van der Waals surface area (Å²) in [5.41, 5.74) is -1.36. The van der Waals surface area contributed by atoms with Crippen LogP contribution in [-0.4, -0.2) is 29.0 Å². The Labute approximate surface area is 171 Å². The van der Waals surface area contributed by atoms with Crippen molar-refractivity contribution in [1.29, 1.82) is 0 Å². The van der Waals surface area contributed by atoms with E-state index in [1.807, 2.05) is 30.3 Å². The van der Waals surface area contributed by atoms with Crippen molar-refractivity contribution >= 4 is 29.3 Å². The van der Waals surface area contributed by atoms with Gasteiger partial charge in [-0.25, -0.2) is 8.78 Å². The molecule has 8 heteroatoms. The molecule has 0 radical (unpaired) electrons. The van der Waals surface area contributed by atoms with Gasteiger partial charge in [-0.15, -0.1) is 0 Å². The first kappa shape index (κ1) is 20.9. The third kappa shape index (κ3) is 4.59.